The summed E-state index contributed by atoms with van der Waals surface area (Å²) in [6, 6.07) is 13.6. The molecule has 0 unspecified atom stereocenters. The largest absolute Gasteiger partial charge is 0.451 e. The zero-order valence-electron chi connectivity index (χ0n) is 12.9. The Morgan fingerprint density at radius 2 is 1.84 bits per heavy atom. The van der Waals surface area contributed by atoms with Gasteiger partial charge in [-0.25, -0.2) is 13.6 Å². The highest BCUT2D eigenvalue weighted by Crippen LogP contribution is 2.12. The molecular formula is C17H14N2O5S. The van der Waals surface area contributed by atoms with Gasteiger partial charge in [0, 0.05) is 12.6 Å². The first-order valence-corrected chi connectivity index (χ1v) is 8.82. The van der Waals surface area contributed by atoms with Gasteiger partial charge in [0.2, 0.25) is 10.0 Å². The highest BCUT2D eigenvalue weighted by atomic mass is 32.2. The van der Waals surface area contributed by atoms with Crippen LogP contribution in [-0.2, 0) is 16.6 Å². The number of amides is 1. The minimum atomic E-state index is -3.82. The number of nitrogens with one attached hydrogen (secondary N) is 1. The number of hydrogen-bond donors (Lipinski definition) is 2. The summed E-state index contributed by atoms with van der Waals surface area (Å²) < 4.78 is 28.1. The number of primary sulfonamides is 1. The maximum Gasteiger partial charge on any atom is 0.287 e. The van der Waals surface area contributed by atoms with E-state index in [2.05, 4.69) is 5.32 Å². The van der Waals surface area contributed by atoms with E-state index in [1.165, 1.54) is 18.2 Å². The molecule has 3 aromatic rings. The van der Waals surface area contributed by atoms with E-state index in [-0.39, 0.29) is 22.6 Å². The van der Waals surface area contributed by atoms with Gasteiger partial charge >= 0.3 is 0 Å². The third-order valence-electron chi connectivity index (χ3n) is 3.54. The Bertz CT molecular complexity index is 1120. The SMILES string of the molecule is NS(=O)(=O)c1cccc(CNC(=O)c2cc(=O)c3ccccc3o2)c1. The maximum absolute atomic E-state index is 12.2. The number of carbonyl (C=O) groups excluding carboxylic acids is 1. The Hall–Kier alpha value is -2.97. The summed E-state index contributed by atoms with van der Waals surface area (Å²) in [7, 11) is -3.82. The molecule has 2 aromatic carbocycles. The lowest BCUT2D eigenvalue weighted by atomic mass is 10.2. The Balaban J connectivity index is 1.81. The fraction of sp³-hybridized carbons (Fsp3) is 0.0588. The van der Waals surface area contributed by atoms with Gasteiger partial charge in [0.05, 0.1) is 10.3 Å². The molecule has 8 heteroatoms. The molecule has 0 aliphatic rings. The van der Waals surface area contributed by atoms with Crippen LogP contribution in [0, 0.1) is 0 Å². The highest BCUT2D eigenvalue weighted by molar-refractivity contribution is 7.89. The van der Waals surface area contributed by atoms with Gasteiger partial charge in [-0.3, -0.25) is 9.59 Å². The van der Waals surface area contributed by atoms with Crippen molar-refractivity contribution in [2.75, 3.05) is 0 Å². The number of hydrogen-bond acceptors (Lipinski definition) is 5. The van der Waals surface area contributed by atoms with Crippen LogP contribution < -0.4 is 15.9 Å². The summed E-state index contributed by atoms with van der Waals surface area (Å²) in [6.45, 7) is 0.0543. The second-order valence-corrected chi connectivity index (χ2v) is 6.91. The topological polar surface area (TPSA) is 119 Å². The number of fused-ring (bicyclic) bond motifs is 1. The number of nitrogens with two attached hydrogens (primary N) is 1. The van der Waals surface area contributed by atoms with Crippen molar-refractivity contribution in [1.29, 1.82) is 0 Å². The molecule has 25 heavy (non-hydrogen) atoms. The number of carbonyl (C=O) groups is 1. The Morgan fingerprint density at radius 3 is 2.60 bits per heavy atom. The lowest BCUT2D eigenvalue weighted by Gasteiger charge is -2.07. The third-order valence-corrected chi connectivity index (χ3v) is 4.45. The Labute approximate surface area is 143 Å². The zero-order chi connectivity index (χ0) is 18.0. The molecule has 0 saturated carbocycles. The monoisotopic (exact) mass is 358 g/mol. The van der Waals surface area contributed by atoms with Gasteiger partial charge in [0.15, 0.2) is 11.2 Å². The van der Waals surface area contributed by atoms with Crippen molar-refractivity contribution in [2.24, 2.45) is 5.14 Å². The molecule has 128 valence electrons. The molecule has 3 N–H and O–H groups in total. The van der Waals surface area contributed by atoms with Gasteiger partial charge in [0.1, 0.15) is 5.58 Å². The summed E-state index contributed by atoms with van der Waals surface area (Å²) in [4.78, 5) is 24.2. The normalized spacial score (nSPS) is 11.4. The summed E-state index contributed by atoms with van der Waals surface area (Å²) in [6.07, 6.45) is 0. The molecule has 0 saturated heterocycles. The van der Waals surface area contributed by atoms with Gasteiger partial charge in [-0.2, -0.15) is 0 Å². The van der Waals surface area contributed by atoms with Gasteiger partial charge < -0.3 is 9.73 Å². The number of benzene rings is 2. The average Bonchev–Trinajstić information content (AvgIpc) is 2.59. The van der Waals surface area contributed by atoms with Gasteiger partial charge in [-0.1, -0.05) is 24.3 Å². The molecular weight excluding hydrogens is 344 g/mol. The van der Waals surface area contributed by atoms with E-state index < -0.39 is 15.9 Å². The van der Waals surface area contributed by atoms with E-state index in [0.717, 1.165) is 6.07 Å². The molecule has 0 aliphatic carbocycles. The van der Waals surface area contributed by atoms with Crippen LogP contribution in [0.2, 0.25) is 0 Å². The van der Waals surface area contributed by atoms with E-state index in [4.69, 9.17) is 9.56 Å². The standard InChI is InChI=1S/C17H14N2O5S/c18-25(22,23)12-5-3-4-11(8-12)10-19-17(21)16-9-14(20)13-6-1-2-7-15(13)24-16/h1-9H,10H2,(H,19,21)(H2,18,22,23). The minimum Gasteiger partial charge on any atom is -0.451 e. The first-order chi connectivity index (χ1) is 11.8. The second kappa shape index (κ2) is 6.50. The van der Waals surface area contributed by atoms with Gasteiger partial charge in [0.25, 0.3) is 5.91 Å². The molecule has 3 rings (SSSR count). The third kappa shape index (κ3) is 3.76. The fourth-order valence-corrected chi connectivity index (χ4v) is 2.90. The summed E-state index contributed by atoms with van der Waals surface area (Å²) in [5, 5.41) is 8.04. The minimum absolute atomic E-state index is 0.0449. The summed E-state index contributed by atoms with van der Waals surface area (Å²) in [5.41, 5.74) is 0.544. The van der Waals surface area contributed by atoms with Gasteiger partial charge in [-0.15, -0.1) is 0 Å². The molecule has 0 fully saturated rings. The molecule has 0 radical (unpaired) electrons. The van der Waals surface area contributed by atoms with Crippen LogP contribution in [0.25, 0.3) is 11.0 Å². The van der Waals surface area contributed by atoms with E-state index >= 15 is 0 Å². The van der Waals surface area contributed by atoms with E-state index in [9.17, 15) is 18.0 Å². The molecule has 1 aromatic heterocycles. The van der Waals surface area contributed by atoms with E-state index in [0.29, 0.717) is 16.5 Å². The van der Waals surface area contributed by atoms with Crippen molar-refractivity contribution < 1.29 is 17.6 Å². The number of para-hydroxylation sites is 1. The second-order valence-electron chi connectivity index (χ2n) is 5.35. The quantitative estimate of drug-likeness (QED) is 0.730. The van der Waals surface area contributed by atoms with E-state index in [1.54, 1.807) is 30.3 Å². The number of sulfonamides is 1. The lowest BCUT2D eigenvalue weighted by Crippen LogP contribution is -2.24. The Kier molecular flexibility index (Phi) is 4.39. The predicted octanol–water partition coefficient (Wildman–Crippen LogP) is 1.37. The van der Waals surface area contributed by atoms with Crippen molar-refractivity contribution in [3.63, 3.8) is 0 Å². The van der Waals surface area contributed by atoms with Crippen LogP contribution in [0.1, 0.15) is 16.1 Å². The zero-order valence-corrected chi connectivity index (χ0v) is 13.7. The van der Waals surface area contributed by atoms with E-state index in [1.807, 2.05) is 0 Å². The first-order valence-electron chi connectivity index (χ1n) is 7.27. The lowest BCUT2D eigenvalue weighted by molar-refractivity contribution is 0.0923. The van der Waals surface area contributed by atoms with Crippen molar-refractivity contribution in [3.8, 4) is 0 Å². The first kappa shape index (κ1) is 16.9. The smallest absolute Gasteiger partial charge is 0.287 e. The van der Waals surface area contributed by atoms with Crippen LogP contribution >= 0.6 is 0 Å². The van der Waals surface area contributed by atoms with Crippen molar-refractivity contribution in [1.82, 2.24) is 5.32 Å². The predicted molar refractivity (Wildman–Crippen MR) is 91.5 cm³/mol. The van der Waals surface area contributed by atoms with Crippen molar-refractivity contribution in [3.05, 3.63) is 76.1 Å². The van der Waals surface area contributed by atoms with Crippen LogP contribution in [0.3, 0.4) is 0 Å². The molecule has 0 atom stereocenters. The molecule has 1 heterocycles. The molecule has 0 aliphatic heterocycles. The summed E-state index contributed by atoms with van der Waals surface area (Å²) >= 11 is 0. The molecule has 0 spiro atoms. The van der Waals surface area contributed by atoms with Crippen LogP contribution in [0.4, 0.5) is 0 Å². The fourth-order valence-electron chi connectivity index (χ4n) is 2.32. The molecule has 0 bridgehead atoms. The highest BCUT2D eigenvalue weighted by Gasteiger charge is 2.13. The van der Waals surface area contributed by atoms with Crippen LogP contribution in [-0.4, -0.2) is 14.3 Å². The Morgan fingerprint density at radius 1 is 1.08 bits per heavy atom. The summed E-state index contributed by atoms with van der Waals surface area (Å²) in [5.74, 6) is -0.699. The van der Waals surface area contributed by atoms with Gasteiger partial charge in [-0.05, 0) is 29.8 Å². The van der Waals surface area contributed by atoms with Crippen molar-refractivity contribution >= 4 is 26.9 Å². The maximum atomic E-state index is 12.2. The van der Waals surface area contributed by atoms with Crippen molar-refractivity contribution in [2.45, 2.75) is 11.4 Å². The number of rotatable bonds is 4. The van der Waals surface area contributed by atoms with Crippen LogP contribution in [0.5, 0.6) is 0 Å². The van der Waals surface area contributed by atoms with Crippen LogP contribution in [0.15, 0.2) is 68.7 Å². The molecule has 7 nitrogen and oxygen atoms in total. The molecule has 1 amide bonds. The average molecular weight is 358 g/mol.